The normalized spacial score (nSPS) is 17.9. The smallest absolute Gasteiger partial charge is 0.315 e. The lowest BCUT2D eigenvalue weighted by Crippen LogP contribution is -2.41. The molecule has 2 atom stereocenters. The quantitative estimate of drug-likeness (QED) is 0.427. The summed E-state index contributed by atoms with van der Waals surface area (Å²) in [6, 6.07) is 14.5. The van der Waals surface area contributed by atoms with Gasteiger partial charge in [0.1, 0.15) is 0 Å². The fourth-order valence-electron chi connectivity index (χ4n) is 3.94. The maximum atomic E-state index is 12.1. The monoisotopic (exact) mass is 476 g/mol. The van der Waals surface area contributed by atoms with Gasteiger partial charge in [-0.3, -0.25) is 0 Å². The Morgan fingerprint density at radius 1 is 0.688 bits per heavy atom. The van der Waals surface area contributed by atoms with E-state index >= 15 is 0 Å². The van der Waals surface area contributed by atoms with Crippen molar-refractivity contribution in [2.45, 2.75) is 38.8 Å². The second-order valence-electron chi connectivity index (χ2n) is 8.28. The number of urea groups is 2. The average molecular weight is 477 g/mol. The molecule has 0 radical (unpaired) electrons. The summed E-state index contributed by atoms with van der Waals surface area (Å²) in [5.41, 5.74) is 2.00. The van der Waals surface area contributed by atoms with Gasteiger partial charge in [0, 0.05) is 36.2 Å². The first-order valence-corrected chi connectivity index (χ1v) is 11.8. The first-order chi connectivity index (χ1) is 15.5. The van der Waals surface area contributed by atoms with Crippen molar-refractivity contribution in [3.05, 3.63) is 69.7 Å². The summed E-state index contributed by atoms with van der Waals surface area (Å²) in [5, 5.41) is 13.1. The number of halogens is 2. The van der Waals surface area contributed by atoms with E-state index in [9.17, 15) is 9.59 Å². The van der Waals surface area contributed by atoms with E-state index in [0.29, 0.717) is 48.1 Å². The Kier molecular flexibility index (Phi) is 9.50. The third kappa shape index (κ3) is 8.60. The molecule has 0 saturated heterocycles. The summed E-state index contributed by atoms with van der Waals surface area (Å²) in [7, 11) is 0. The lowest BCUT2D eigenvalue weighted by Gasteiger charge is -2.29. The molecule has 3 rings (SSSR count). The molecule has 1 aliphatic rings. The van der Waals surface area contributed by atoms with Crippen LogP contribution in [0.1, 0.15) is 36.8 Å². The van der Waals surface area contributed by atoms with Gasteiger partial charge >= 0.3 is 12.1 Å². The first kappa shape index (κ1) is 24.2. The number of carbonyl (C=O) groups is 2. The zero-order valence-electron chi connectivity index (χ0n) is 18.0. The number of amides is 4. The van der Waals surface area contributed by atoms with Crippen LogP contribution in [0.25, 0.3) is 0 Å². The number of rotatable bonds is 8. The van der Waals surface area contributed by atoms with E-state index in [2.05, 4.69) is 21.3 Å². The van der Waals surface area contributed by atoms with Crippen molar-refractivity contribution in [1.29, 1.82) is 0 Å². The number of carbonyl (C=O) groups excluding carboxylic acids is 2. The highest BCUT2D eigenvalue weighted by Gasteiger charge is 2.22. The molecule has 1 aliphatic carbocycles. The maximum Gasteiger partial charge on any atom is 0.315 e. The number of nitrogens with one attached hydrogen (secondary N) is 4. The predicted octanol–water partition coefficient (Wildman–Crippen LogP) is 5.10. The standard InChI is InChI=1S/C24H30Cl2N4O2/c25-21-8-4-17(5-9-21)13-27-23(31)29-15-19-2-1-3-20(12-19)16-30-24(32)28-14-18-6-10-22(26)11-7-18/h4-11,19-20H,1-3,12-16H2,(H2,27,29,31)(H2,28,30,32). The van der Waals surface area contributed by atoms with Crippen LogP contribution >= 0.6 is 23.2 Å². The van der Waals surface area contributed by atoms with Crippen LogP contribution in [0.5, 0.6) is 0 Å². The summed E-state index contributed by atoms with van der Waals surface area (Å²) >= 11 is 11.8. The predicted molar refractivity (Wildman–Crippen MR) is 129 cm³/mol. The topological polar surface area (TPSA) is 82.3 Å². The van der Waals surface area contributed by atoms with Crippen LogP contribution in [0, 0.1) is 11.8 Å². The molecule has 8 heteroatoms. The minimum Gasteiger partial charge on any atom is -0.338 e. The molecule has 2 aromatic carbocycles. The Morgan fingerprint density at radius 3 is 1.50 bits per heavy atom. The van der Waals surface area contributed by atoms with E-state index < -0.39 is 0 Å². The van der Waals surface area contributed by atoms with Crippen LogP contribution in [0.3, 0.4) is 0 Å². The third-order valence-corrected chi connectivity index (χ3v) is 6.23. The van der Waals surface area contributed by atoms with Crippen molar-refractivity contribution in [2.24, 2.45) is 11.8 Å². The molecule has 32 heavy (non-hydrogen) atoms. The fraction of sp³-hybridized carbons (Fsp3) is 0.417. The molecule has 2 unspecified atom stereocenters. The van der Waals surface area contributed by atoms with Crippen LogP contribution in [-0.4, -0.2) is 25.2 Å². The summed E-state index contributed by atoms with van der Waals surface area (Å²) in [4.78, 5) is 24.2. The lowest BCUT2D eigenvalue weighted by molar-refractivity contribution is 0.221. The third-order valence-electron chi connectivity index (χ3n) is 5.73. The van der Waals surface area contributed by atoms with Gasteiger partial charge < -0.3 is 21.3 Å². The average Bonchev–Trinajstić information content (AvgIpc) is 2.81. The maximum absolute atomic E-state index is 12.1. The van der Waals surface area contributed by atoms with Gasteiger partial charge in [0.2, 0.25) is 0 Å². The molecular weight excluding hydrogens is 447 g/mol. The highest BCUT2D eigenvalue weighted by Crippen LogP contribution is 2.28. The van der Waals surface area contributed by atoms with Crippen LogP contribution in [0.4, 0.5) is 9.59 Å². The van der Waals surface area contributed by atoms with Crippen molar-refractivity contribution in [3.63, 3.8) is 0 Å². The largest absolute Gasteiger partial charge is 0.338 e. The van der Waals surface area contributed by atoms with Gasteiger partial charge in [0.05, 0.1) is 0 Å². The summed E-state index contributed by atoms with van der Waals surface area (Å²) < 4.78 is 0. The highest BCUT2D eigenvalue weighted by atomic mass is 35.5. The van der Waals surface area contributed by atoms with Gasteiger partial charge in [0.15, 0.2) is 0 Å². The molecule has 6 nitrogen and oxygen atoms in total. The first-order valence-electron chi connectivity index (χ1n) is 11.0. The molecule has 0 spiro atoms. The van der Waals surface area contributed by atoms with E-state index in [-0.39, 0.29) is 12.1 Å². The zero-order chi connectivity index (χ0) is 22.8. The summed E-state index contributed by atoms with van der Waals surface area (Å²) in [5.74, 6) is 0.850. The molecule has 4 amide bonds. The lowest BCUT2D eigenvalue weighted by atomic mass is 9.81. The van der Waals surface area contributed by atoms with Crippen LogP contribution < -0.4 is 21.3 Å². The molecule has 172 valence electrons. The van der Waals surface area contributed by atoms with Crippen LogP contribution in [0.2, 0.25) is 10.0 Å². The summed E-state index contributed by atoms with van der Waals surface area (Å²) in [6.45, 7) is 2.22. The molecule has 4 N–H and O–H groups in total. The molecule has 0 heterocycles. The van der Waals surface area contributed by atoms with Crippen LogP contribution in [0.15, 0.2) is 48.5 Å². The molecular formula is C24H30Cl2N4O2. The van der Waals surface area contributed by atoms with Gasteiger partial charge in [-0.25, -0.2) is 9.59 Å². The van der Waals surface area contributed by atoms with E-state index in [0.717, 1.165) is 36.8 Å². The fourth-order valence-corrected chi connectivity index (χ4v) is 4.19. The zero-order valence-corrected chi connectivity index (χ0v) is 19.5. The minimum atomic E-state index is -0.165. The SMILES string of the molecule is O=C(NCc1ccc(Cl)cc1)NCC1CCCC(CNC(=O)NCc2ccc(Cl)cc2)C1. The van der Waals surface area contributed by atoms with Gasteiger partial charge in [-0.1, -0.05) is 53.9 Å². The van der Waals surface area contributed by atoms with Crippen molar-refractivity contribution in [3.8, 4) is 0 Å². The summed E-state index contributed by atoms with van der Waals surface area (Å²) in [6.07, 6.45) is 4.29. The van der Waals surface area contributed by atoms with E-state index in [1.807, 2.05) is 48.5 Å². The van der Waals surface area contributed by atoms with E-state index in [1.165, 1.54) is 0 Å². The second kappa shape index (κ2) is 12.6. The van der Waals surface area contributed by atoms with Gasteiger partial charge in [-0.2, -0.15) is 0 Å². The highest BCUT2D eigenvalue weighted by molar-refractivity contribution is 6.30. The Morgan fingerprint density at radius 2 is 1.09 bits per heavy atom. The number of hydrogen-bond acceptors (Lipinski definition) is 2. The molecule has 0 bridgehead atoms. The Bertz CT molecular complexity index is 803. The van der Waals surface area contributed by atoms with Gasteiger partial charge in [-0.05, 0) is 66.5 Å². The van der Waals surface area contributed by atoms with Crippen molar-refractivity contribution in [1.82, 2.24) is 21.3 Å². The van der Waals surface area contributed by atoms with E-state index in [4.69, 9.17) is 23.2 Å². The molecule has 0 aromatic heterocycles. The van der Waals surface area contributed by atoms with Crippen molar-refractivity contribution >= 4 is 35.3 Å². The number of benzene rings is 2. The Labute approximate surface area is 199 Å². The Hall–Kier alpha value is -2.44. The van der Waals surface area contributed by atoms with Gasteiger partial charge in [-0.15, -0.1) is 0 Å². The van der Waals surface area contributed by atoms with Crippen LogP contribution in [-0.2, 0) is 13.1 Å². The van der Waals surface area contributed by atoms with Gasteiger partial charge in [0.25, 0.3) is 0 Å². The molecule has 0 aliphatic heterocycles. The van der Waals surface area contributed by atoms with Crippen molar-refractivity contribution < 1.29 is 9.59 Å². The molecule has 1 saturated carbocycles. The van der Waals surface area contributed by atoms with Crippen molar-refractivity contribution in [2.75, 3.05) is 13.1 Å². The second-order valence-corrected chi connectivity index (χ2v) is 9.15. The molecule has 1 fully saturated rings. The van der Waals surface area contributed by atoms with E-state index in [1.54, 1.807) is 0 Å². The Balaban J connectivity index is 1.30. The number of hydrogen-bond donors (Lipinski definition) is 4. The minimum absolute atomic E-state index is 0.165. The molecule has 2 aromatic rings.